The molecule has 0 aliphatic carbocycles. The SMILES string of the molecule is Cc1ccc(N2C(=S)N(c3ccc(C#N)c(C(F)(F)F)c3)C(=N)C23CCN(C)CC3)cc1. The third kappa shape index (κ3) is 3.53. The van der Waals surface area contributed by atoms with Gasteiger partial charge in [-0.3, -0.25) is 10.3 Å². The van der Waals surface area contributed by atoms with Crippen molar-refractivity contribution in [2.75, 3.05) is 29.9 Å². The van der Waals surface area contributed by atoms with Gasteiger partial charge in [-0.25, -0.2) is 0 Å². The fraction of sp³-hybridized carbons (Fsp3) is 0.348. The molecule has 0 radical (unpaired) electrons. The molecule has 1 N–H and O–H groups in total. The first-order chi connectivity index (χ1) is 15.1. The smallest absolute Gasteiger partial charge is 0.306 e. The average molecular weight is 458 g/mol. The normalized spacial score (nSPS) is 19.0. The first kappa shape index (κ1) is 22.2. The van der Waals surface area contributed by atoms with Crippen LogP contribution in [0.5, 0.6) is 0 Å². The lowest BCUT2D eigenvalue weighted by molar-refractivity contribution is -0.137. The molecule has 5 nitrogen and oxygen atoms in total. The number of alkyl halides is 3. The molecule has 9 heteroatoms. The summed E-state index contributed by atoms with van der Waals surface area (Å²) in [5.41, 5.74) is -0.210. The molecule has 0 unspecified atom stereocenters. The fourth-order valence-electron chi connectivity index (χ4n) is 4.44. The van der Waals surface area contributed by atoms with Crippen LogP contribution in [0.4, 0.5) is 24.5 Å². The summed E-state index contributed by atoms with van der Waals surface area (Å²) in [5, 5.41) is 18.5. The highest BCUT2D eigenvalue weighted by molar-refractivity contribution is 7.81. The van der Waals surface area contributed by atoms with E-state index in [1.807, 2.05) is 43.1 Å². The lowest BCUT2D eigenvalue weighted by Gasteiger charge is -2.43. The van der Waals surface area contributed by atoms with E-state index in [1.54, 1.807) is 6.07 Å². The number of hydrogen-bond donors (Lipinski definition) is 1. The van der Waals surface area contributed by atoms with Crippen LogP contribution in [0.2, 0.25) is 0 Å². The fourth-order valence-corrected chi connectivity index (χ4v) is 4.91. The number of benzene rings is 2. The van der Waals surface area contributed by atoms with E-state index in [1.165, 1.54) is 11.0 Å². The Bertz CT molecular complexity index is 1110. The van der Waals surface area contributed by atoms with Gasteiger partial charge >= 0.3 is 6.18 Å². The quantitative estimate of drug-likeness (QED) is 0.648. The van der Waals surface area contributed by atoms with Gasteiger partial charge in [-0.05, 0) is 69.4 Å². The molecule has 0 saturated carbocycles. The molecule has 32 heavy (non-hydrogen) atoms. The van der Waals surface area contributed by atoms with Gasteiger partial charge in [-0.2, -0.15) is 18.4 Å². The highest BCUT2D eigenvalue weighted by Crippen LogP contribution is 2.44. The van der Waals surface area contributed by atoms with Crippen LogP contribution in [0.15, 0.2) is 42.5 Å². The molecule has 0 atom stereocenters. The zero-order chi connectivity index (χ0) is 23.3. The molecule has 0 aromatic heterocycles. The molecular weight excluding hydrogens is 435 g/mol. The van der Waals surface area contributed by atoms with Crippen molar-refractivity contribution in [3.05, 3.63) is 59.2 Å². The van der Waals surface area contributed by atoms with Crippen LogP contribution in [-0.2, 0) is 6.18 Å². The number of nitrogens with zero attached hydrogens (tertiary/aromatic N) is 4. The van der Waals surface area contributed by atoms with Gasteiger partial charge in [0.05, 0.1) is 22.9 Å². The Kier molecular flexibility index (Phi) is 5.47. The van der Waals surface area contributed by atoms with Crippen molar-refractivity contribution < 1.29 is 13.2 Å². The summed E-state index contributed by atoms with van der Waals surface area (Å²) in [7, 11) is 2.01. The highest BCUT2D eigenvalue weighted by Gasteiger charge is 2.54. The van der Waals surface area contributed by atoms with Crippen LogP contribution in [-0.4, -0.2) is 41.5 Å². The maximum atomic E-state index is 13.6. The third-order valence-electron chi connectivity index (χ3n) is 6.27. The first-order valence-electron chi connectivity index (χ1n) is 10.2. The minimum Gasteiger partial charge on any atom is -0.306 e. The number of aryl methyl sites for hydroxylation is 1. The van der Waals surface area contributed by atoms with Crippen molar-refractivity contribution in [1.82, 2.24) is 4.90 Å². The van der Waals surface area contributed by atoms with Gasteiger partial charge in [0.25, 0.3) is 0 Å². The zero-order valence-corrected chi connectivity index (χ0v) is 18.5. The number of likely N-dealkylation sites (tertiary alicyclic amines) is 1. The van der Waals surface area contributed by atoms with Gasteiger partial charge < -0.3 is 9.80 Å². The number of amidine groups is 1. The summed E-state index contributed by atoms with van der Waals surface area (Å²) in [5.74, 6) is 0.161. The van der Waals surface area contributed by atoms with Gasteiger partial charge in [0.2, 0.25) is 0 Å². The minimum absolute atomic E-state index is 0.138. The number of thiocarbonyl (C=S) groups is 1. The maximum Gasteiger partial charge on any atom is 0.417 e. The molecule has 0 bridgehead atoms. The molecule has 4 rings (SSSR count). The Morgan fingerprint density at radius 3 is 2.22 bits per heavy atom. The van der Waals surface area contributed by atoms with E-state index in [9.17, 15) is 13.2 Å². The van der Waals surface area contributed by atoms with Crippen LogP contribution in [0, 0.1) is 23.7 Å². The minimum atomic E-state index is -4.69. The number of hydrogen-bond acceptors (Lipinski definition) is 4. The van der Waals surface area contributed by atoms with E-state index >= 15 is 0 Å². The second-order valence-electron chi connectivity index (χ2n) is 8.31. The van der Waals surface area contributed by atoms with E-state index in [0.29, 0.717) is 12.8 Å². The van der Waals surface area contributed by atoms with Gasteiger partial charge in [-0.1, -0.05) is 17.7 Å². The Hall–Kier alpha value is -2.96. The number of nitriles is 1. The second-order valence-corrected chi connectivity index (χ2v) is 8.68. The van der Waals surface area contributed by atoms with Crippen LogP contribution in [0.1, 0.15) is 29.5 Å². The number of piperidine rings is 1. The monoisotopic (exact) mass is 457 g/mol. The molecule has 2 heterocycles. The molecule has 1 spiro atoms. The van der Waals surface area contributed by atoms with Crippen LogP contribution in [0.25, 0.3) is 0 Å². The average Bonchev–Trinajstić information content (AvgIpc) is 2.96. The standard InChI is InChI=1S/C23H22F3N5S/c1-15-3-6-17(7-4-15)31-21(32)30(20(28)22(31)9-11-29(2)12-10-22)18-8-5-16(14-27)19(13-18)23(24,25)26/h3-8,13,28H,9-12H2,1-2H3. The van der Waals surface area contributed by atoms with Gasteiger partial charge in [0.1, 0.15) is 11.4 Å². The van der Waals surface area contributed by atoms with Crippen molar-refractivity contribution >= 4 is 34.5 Å². The molecular formula is C23H22F3N5S. The van der Waals surface area contributed by atoms with Gasteiger partial charge in [-0.15, -0.1) is 0 Å². The molecule has 166 valence electrons. The van der Waals surface area contributed by atoms with Gasteiger partial charge in [0.15, 0.2) is 5.11 Å². The topological polar surface area (TPSA) is 57.4 Å². The molecule has 2 aliphatic heterocycles. The lowest BCUT2D eigenvalue weighted by Crippen LogP contribution is -2.56. The molecule has 2 fully saturated rings. The predicted octanol–water partition coefficient (Wildman–Crippen LogP) is 4.94. The van der Waals surface area contributed by atoms with Gasteiger partial charge in [0, 0.05) is 18.8 Å². The first-order valence-corrected chi connectivity index (χ1v) is 10.6. The van der Waals surface area contributed by atoms with Crippen molar-refractivity contribution in [2.45, 2.75) is 31.5 Å². The Labute approximate surface area is 190 Å². The Balaban J connectivity index is 1.85. The Morgan fingerprint density at radius 2 is 1.66 bits per heavy atom. The Morgan fingerprint density at radius 1 is 1.06 bits per heavy atom. The van der Waals surface area contributed by atoms with E-state index < -0.39 is 22.8 Å². The van der Waals surface area contributed by atoms with Crippen molar-refractivity contribution in [3.8, 4) is 6.07 Å². The number of halogens is 3. The molecule has 2 saturated heterocycles. The number of rotatable bonds is 2. The molecule has 2 aromatic rings. The summed E-state index contributed by atoms with van der Waals surface area (Å²) in [6.07, 6.45) is -3.45. The summed E-state index contributed by atoms with van der Waals surface area (Å²) < 4.78 is 40.8. The summed E-state index contributed by atoms with van der Waals surface area (Å²) in [6, 6.07) is 12.9. The van der Waals surface area contributed by atoms with Crippen molar-refractivity contribution in [2.24, 2.45) is 0 Å². The summed E-state index contributed by atoms with van der Waals surface area (Å²) in [6.45, 7) is 3.45. The molecule has 2 aromatic carbocycles. The van der Waals surface area contributed by atoms with Crippen molar-refractivity contribution in [3.63, 3.8) is 0 Å². The summed E-state index contributed by atoms with van der Waals surface area (Å²) >= 11 is 5.77. The van der Waals surface area contributed by atoms with E-state index in [-0.39, 0.29) is 16.6 Å². The van der Waals surface area contributed by atoms with Crippen LogP contribution >= 0.6 is 12.2 Å². The van der Waals surface area contributed by atoms with Crippen LogP contribution < -0.4 is 9.80 Å². The number of anilines is 2. The predicted molar refractivity (Wildman–Crippen MR) is 122 cm³/mol. The van der Waals surface area contributed by atoms with Crippen molar-refractivity contribution in [1.29, 1.82) is 10.7 Å². The van der Waals surface area contributed by atoms with E-state index in [4.69, 9.17) is 22.9 Å². The van der Waals surface area contributed by atoms with E-state index in [0.717, 1.165) is 36.5 Å². The van der Waals surface area contributed by atoms with E-state index in [2.05, 4.69) is 4.90 Å². The molecule has 0 amide bonds. The highest BCUT2D eigenvalue weighted by atomic mass is 32.1. The van der Waals surface area contributed by atoms with Crippen LogP contribution in [0.3, 0.4) is 0 Å². The lowest BCUT2D eigenvalue weighted by atomic mass is 9.85. The summed E-state index contributed by atoms with van der Waals surface area (Å²) in [4.78, 5) is 5.50. The number of nitrogens with one attached hydrogen (secondary N) is 1. The third-order valence-corrected chi connectivity index (χ3v) is 6.63. The zero-order valence-electron chi connectivity index (χ0n) is 17.7. The maximum absolute atomic E-state index is 13.6. The second kappa shape index (κ2) is 7.87. The largest absolute Gasteiger partial charge is 0.417 e. The molecule has 2 aliphatic rings.